The molecule has 0 aromatic carbocycles. The van der Waals surface area contributed by atoms with Crippen LogP contribution in [0.25, 0.3) is 0 Å². The number of rotatable bonds is 1. The highest BCUT2D eigenvalue weighted by atomic mass is 16.1. The van der Waals surface area contributed by atoms with Gasteiger partial charge < -0.3 is 11.1 Å². The van der Waals surface area contributed by atoms with E-state index in [1.807, 2.05) is 6.08 Å². The Kier molecular flexibility index (Phi) is 2.10. The molecule has 0 spiro atoms. The molecule has 1 amide bonds. The van der Waals surface area contributed by atoms with Gasteiger partial charge in [-0.2, -0.15) is 0 Å². The lowest BCUT2D eigenvalue weighted by Gasteiger charge is -2.26. The third kappa shape index (κ3) is 2.20. The maximum absolute atomic E-state index is 10.6. The van der Waals surface area contributed by atoms with E-state index in [-0.39, 0.29) is 5.91 Å². The van der Waals surface area contributed by atoms with Crippen LogP contribution in [0.5, 0.6) is 0 Å². The van der Waals surface area contributed by atoms with Crippen molar-refractivity contribution in [1.82, 2.24) is 5.32 Å². The molecule has 0 aromatic rings. The van der Waals surface area contributed by atoms with Gasteiger partial charge in [0.15, 0.2) is 0 Å². The van der Waals surface area contributed by atoms with Gasteiger partial charge in [-0.25, -0.2) is 0 Å². The van der Waals surface area contributed by atoms with Gasteiger partial charge in [-0.15, -0.1) is 0 Å². The molecule has 1 atom stereocenters. The lowest BCUT2D eigenvalue weighted by molar-refractivity contribution is -0.120. The van der Waals surface area contributed by atoms with E-state index in [1.165, 1.54) is 6.92 Å². The number of nitrogens with one attached hydrogen (secondary N) is 1. The first kappa shape index (κ1) is 8.01. The van der Waals surface area contributed by atoms with E-state index in [1.54, 1.807) is 24.6 Å². The molecule has 3 heteroatoms. The lowest BCUT2D eigenvalue weighted by atomic mass is 10.0. The summed E-state index contributed by atoms with van der Waals surface area (Å²) in [5.74, 6) is -0.135. The molecular formula is C8H11N2O. The number of carbonyl (C=O) groups is 1. The Morgan fingerprint density at radius 2 is 2.18 bits per heavy atom. The highest BCUT2D eigenvalue weighted by molar-refractivity contribution is 5.74. The number of amides is 1. The molecule has 11 heavy (non-hydrogen) atoms. The third-order valence-corrected chi connectivity index (χ3v) is 1.36. The van der Waals surface area contributed by atoms with Gasteiger partial charge in [-0.05, 0) is 6.08 Å². The van der Waals surface area contributed by atoms with E-state index in [4.69, 9.17) is 5.73 Å². The van der Waals surface area contributed by atoms with Crippen LogP contribution >= 0.6 is 0 Å². The summed E-state index contributed by atoms with van der Waals surface area (Å²) in [6, 6.07) is 0. The maximum atomic E-state index is 10.6. The van der Waals surface area contributed by atoms with Crippen molar-refractivity contribution in [2.45, 2.75) is 12.6 Å². The van der Waals surface area contributed by atoms with Crippen molar-refractivity contribution < 1.29 is 4.79 Å². The van der Waals surface area contributed by atoms with Crippen molar-refractivity contribution in [3.63, 3.8) is 0 Å². The minimum atomic E-state index is -0.791. The van der Waals surface area contributed by atoms with E-state index in [0.29, 0.717) is 0 Å². The smallest absolute Gasteiger partial charge is 0.218 e. The average Bonchev–Trinajstić information content (AvgIpc) is 1.85. The van der Waals surface area contributed by atoms with Crippen LogP contribution < -0.4 is 11.1 Å². The quantitative estimate of drug-likeness (QED) is 0.522. The van der Waals surface area contributed by atoms with E-state index in [9.17, 15) is 4.79 Å². The average molecular weight is 151 g/mol. The second-order valence-corrected chi connectivity index (χ2v) is 2.52. The second kappa shape index (κ2) is 2.88. The zero-order chi connectivity index (χ0) is 8.32. The number of nitrogens with two attached hydrogens (primary N) is 1. The van der Waals surface area contributed by atoms with Crippen LogP contribution in [-0.4, -0.2) is 11.6 Å². The summed E-state index contributed by atoms with van der Waals surface area (Å²) in [6.45, 7) is 1.44. The molecule has 3 nitrogen and oxygen atoms in total. The zero-order valence-electron chi connectivity index (χ0n) is 6.37. The van der Waals surface area contributed by atoms with Gasteiger partial charge in [-0.1, -0.05) is 18.2 Å². The summed E-state index contributed by atoms with van der Waals surface area (Å²) in [4.78, 5) is 10.6. The Hall–Kier alpha value is -1.09. The molecule has 1 aliphatic rings. The molecule has 3 N–H and O–H groups in total. The first-order chi connectivity index (χ1) is 5.12. The van der Waals surface area contributed by atoms with Crippen LogP contribution in [0.15, 0.2) is 24.3 Å². The number of hydrogen-bond donors (Lipinski definition) is 2. The van der Waals surface area contributed by atoms with E-state index in [2.05, 4.69) is 5.32 Å². The van der Waals surface area contributed by atoms with Crippen LogP contribution in [0.3, 0.4) is 0 Å². The molecule has 0 saturated heterocycles. The first-order valence-electron chi connectivity index (χ1n) is 3.40. The predicted molar refractivity (Wildman–Crippen MR) is 43.3 cm³/mol. The predicted octanol–water partition coefficient (Wildman–Crippen LogP) is 0.108. The van der Waals surface area contributed by atoms with Gasteiger partial charge in [0, 0.05) is 13.3 Å². The molecule has 0 aromatic heterocycles. The van der Waals surface area contributed by atoms with E-state index < -0.39 is 5.66 Å². The topological polar surface area (TPSA) is 55.1 Å². The molecule has 0 fully saturated rings. The van der Waals surface area contributed by atoms with Crippen molar-refractivity contribution in [3.8, 4) is 0 Å². The SMILES string of the molecule is CC(=O)NC1(N)[CH]C=CC=C1. The molecule has 1 unspecified atom stereocenters. The molecule has 1 rings (SSSR count). The van der Waals surface area contributed by atoms with Crippen LogP contribution in [0.4, 0.5) is 0 Å². The van der Waals surface area contributed by atoms with Crippen molar-refractivity contribution in [1.29, 1.82) is 0 Å². The number of allylic oxidation sites excluding steroid dienone is 2. The summed E-state index contributed by atoms with van der Waals surface area (Å²) < 4.78 is 0. The normalized spacial score (nSPS) is 28.5. The molecule has 0 bridgehead atoms. The van der Waals surface area contributed by atoms with Crippen molar-refractivity contribution in [2.75, 3.05) is 0 Å². The Balaban J connectivity index is 2.61. The van der Waals surface area contributed by atoms with Crippen molar-refractivity contribution >= 4 is 5.91 Å². The van der Waals surface area contributed by atoms with Crippen LogP contribution in [0.2, 0.25) is 0 Å². The Labute approximate surface area is 66.0 Å². The fourth-order valence-electron chi connectivity index (χ4n) is 0.937. The van der Waals surface area contributed by atoms with Gasteiger partial charge in [-0.3, -0.25) is 4.79 Å². The van der Waals surface area contributed by atoms with Gasteiger partial charge in [0.05, 0.1) is 0 Å². The van der Waals surface area contributed by atoms with E-state index in [0.717, 1.165) is 0 Å². The van der Waals surface area contributed by atoms with Crippen molar-refractivity contribution in [2.24, 2.45) is 5.73 Å². The summed E-state index contributed by atoms with van der Waals surface area (Å²) in [5, 5.41) is 2.60. The van der Waals surface area contributed by atoms with Crippen LogP contribution in [0.1, 0.15) is 6.92 Å². The fourth-order valence-corrected chi connectivity index (χ4v) is 0.937. The Morgan fingerprint density at radius 1 is 1.45 bits per heavy atom. The second-order valence-electron chi connectivity index (χ2n) is 2.52. The minimum Gasteiger partial charge on any atom is -0.334 e. The van der Waals surface area contributed by atoms with Crippen molar-refractivity contribution in [3.05, 3.63) is 30.7 Å². The monoisotopic (exact) mass is 151 g/mol. The lowest BCUT2D eigenvalue weighted by Crippen LogP contribution is -2.54. The molecule has 0 saturated carbocycles. The van der Waals surface area contributed by atoms with Gasteiger partial charge in [0.25, 0.3) is 0 Å². The highest BCUT2D eigenvalue weighted by Crippen LogP contribution is 2.09. The molecular weight excluding hydrogens is 140 g/mol. The number of hydrogen-bond acceptors (Lipinski definition) is 2. The van der Waals surface area contributed by atoms with Crippen LogP contribution in [0, 0.1) is 6.42 Å². The molecule has 0 heterocycles. The molecule has 1 radical (unpaired) electrons. The molecule has 0 aliphatic heterocycles. The standard InChI is InChI=1S/C8H11N2O/c1-7(11)10-8(9)5-3-2-4-6-8/h2-6H,9H2,1H3,(H,10,11). The summed E-state index contributed by atoms with van der Waals surface area (Å²) in [6.07, 6.45) is 8.92. The number of carbonyl (C=O) groups excluding carboxylic acids is 1. The maximum Gasteiger partial charge on any atom is 0.218 e. The third-order valence-electron chi connectivity index (χ3n) is 1.36. The fraction of sp³-hybridized carbons (Fsp3) is 0.250. The Bertz CT molecular complexity index is 220. The summed E-state index contributed by atoms with van der Waals surface area (Å²) in [5.41, 5.74) is 4.94. The van der Waals surface area contributed by atoms with Crippen LogP contribution in [-0.2, 0) is 4.79 Å². The van der Waals surface area contributed by atoms with Gasteiger partial charge in [0.1, 0.15) is 5.66 Å². The first-order valence-corrected chi connectivity index (χ1v) is 3.40. The minimum absolute atomic E-state index is 0.135. The summed E-state index contributed by atoms with van der Waals surface area (Å²) >= 11 is 0. The Morgan fingerprint density at radius 3 is 2.64 bits per heavy atom. The van der Waals surface area contributed by atoms with Gasteiger partial charge in [0.2, 0.25) is 5.91 Å². The highest BCUT2D eigenvalue weighted by Gasteiger charge is 2.21. The van der Waals surface area contributed by atoms with Gasteiger partial charge >= 0.3 is 0 Å². The summed E-state index contributed by atoms with van der Waals surface area (Å²) in [7, 11) is 0. The zero-order valence-corrected chi connectivity index (χ0v) is 6.37. The van der Waals surface area contributed by atoms with E-state index >= 15 is 0 Å². The molecule has 59 valence electrons. The largest absolute Gasteiger partial charge is 0.334 e. The molecule has 1 aliphatic carbocycles.